The minimum atomic E-state index is -0.633. The summed E-state index contributed by atoms with van der Waals surface area (Å²) in [6.07, 6.45) is 7.37. The molecular formula is C33H41NO6. The predicted octanol–water partition coefficient (Wildman–Crippen LogP) is 6.72. The highest BCUT2D eigenvalue weighted by Crippen LogP contribution is 2.57. The van der Waals surface area contributed by atoms with E-state index in [-0.39, 0.29) is 28.1 Å². The lowest BCUT2D eigenvalue weighted by Gasteiger charge is -2.55. The molecule has 2 aromatic rings. The van der Waals surface area contributed by atoms with Crippen LogP contribution in [0.4, 0.5) is 0 Å². The lowest BCUT2D eigenvalue weighted by atomic mass is 9.50. The second-order valence-electron chi connectivity index (χ2n) is 12.2. The maximum absolute atomic E-state index is 11.8. The van der Waals surface area contributed by atoms with Gasteiger partial charge in [-0.3, -0.25) is 19.4 Å². The quantitative estimate of drug-likeness (QED) is 0.217. The molecule has 0 amide bonds. The highest BCUT2D eigenvalue weighted by Gasteiger charge is 2.51. The lowest BCUT2D eigenvalue weighted by Crippen LogP contribution is -2.50. The van der Waals surface area contributed by atoms with Gasteiger partial charge in [-0.2, -0.15) is 0 Å². The number of carbonyl (C=O) groups is 3. The van der Waals surface area contributed by atoms with Crippen molar-refractivity contribution in [3.63, 3.8) is 0 Å². The van der Waals surface area contributed by atoms with Gasteiger partial charge < -0.3 is 14.2 Å². The Labute approximate surface area is 237 Å². The molecule has 0 saturated heterocycles. The third-order valence-corrected chi connectivity index (χ3v) is 8.66. The maximum atomic E-state index is 11.8. The number of hydrogen-bond donors (Lipinski definition) is 0. The van der Waals surface area contributed by atoms with Gasteiger partial charge in [0.2, 0.25) is 5.75 Å². The van der Waals surface area contributed by atoms with Crippen molar-refractivity contribution >= 4 is 24.1 Å². The van der Waals surface area contributed by atoms with Crippen LogP contribution in [0.5, 0.6) is 17.2 Å². The van der Waals surface area contributed by atoms with Gasteiger partial charge in [0.15, 0.2) is 11.5 Å². The number of nitrogens with zero attached hydrogens (tertiary/aromatic N) is 1. The summed E-state index contributed by atoms with van der Waals surface area (Å²) in [4.78, 5) is 40.1. The molecule has 0 radical (unpaired) electrons. The van der Waals surface area contributed by atoms with Crippen molar-refractivity contribution < 1.29 is 28.6 Å². The van der Waals surface area contributed by atoms with E-state index in [9.17, 15) is 14.4 Å². The molecule has 0 aromatic heterocycles. The molecule has 4 rings (SSSR count). The van der Waals surface area contributed by atoms with Crippen molar-refractivity contribution in [2.75, 3.05) is 6.54 Å². The zero-order valence-corrected chi connectivity index (χ0v) is 24.8. The van der Waals surface area contributed by atoms with Crippen molar-refractivity contribution in [2.45, 2.75) is 91.9 Å². The van der Waals surface area contributed by atoms with E-state index in [0.717, 1.165) is 25.7 Å². The summed E-state index contributed by atoms with van der Waals surface area (Å²) >= 11 is 0. The minimum absolute atomic E-state index is 0.0102. The molecule has 0 N–H and O–H groups in total. The first kappa shape index (κ1) is 29.5. The minimum Gasteiger partial charge on any atom is -0.423 e. The van der Waals surface area contributed by atoms with Gasteiger partial charge in [0.1, 0.15) is 0 Å². The van der Waals surface area contributed by atoms with Gasteiger partial charge in [0.05, 0.1) is 0 Å². The number of rotatable bonds is 7. The standard InChI is InChI=1S/C33H41NO6/c1-20(2)25-9-11-27-26(17-25)10-12-30-32(6,13-8-14-33(27,30)7)19-34-18-24-15-28(38-21(3)35)31(40-23(5)37)29(16-24)39-22(4)36/h9,11,15-18,20,30H,8,10,12-14,19H2,1-7H3/t30-,32-,33+/m0/s1. The summed E-state index contributed by atoms with van der Waals surface area (Å²) in [6, 6.07) is 10.2. The zero-order chi connectivity index (χ0) is 29.2. The van der Waals surface area contributed by atoms with Crippen molar-refractivity contribution in [3.8, 4) is 17.2 Å². The zero-order valence-electron chi connectivity index (χ0n) is 24.8. The SMILES string of the molecule is CC(=O)Oc1cc(C=NC[C@]2(C)CCC[C@]3(C)c4ccc(C(C)C)cc4CC[C@@H]23)cc(OC(C)=O)c1OC(C)=O. The van der Waals surface area contributed by atoms with Gasteiger partial charge in [-0.1, -0.05) is 52.3 Å². The number of ether oxygens (including phenoxy) is 3. The van der Waals surface area contributed by atoms with E-state index >= 15 is 0 Å². The fourth-order valence-corrected chi connectivity index (χ4v) is 6.93. The number of fused-ring (bicyclic) bond motifs is 3. The lowest BCUT2D eigenvalue weighted by molar-refractivity contribution is -0.135. The number of aryl methyl sites for hydroxylation is 1. The van der Waals surface area contributed by atoms with Crippen LogP contribution in [0.2, 0.25) is 0 Å². The molecule has 1 saturated carbocycles. The molecule has 40 heavy (non-hydrogen) atoms. The summed E-state index contributed by atoms with van der Waals surface area (Å²) in [6.45, 7) is 13.7. The van der Waals surface area contributed by atoms with E-state index in [1.807, 2.05) is 0 Å². The summed E-state index contributed by atoms with van der Waals surface area (Å²) in [5, 5.41) is 0. The van der Waals surface area contributed by atoms with Gasteiger partial charge in [-0.25, -0.2) is 0 Å². The Morgan fingerprint density at radius 3 is 2.15 bits per heavy atom. The predicted molar refractivity (Wildman–Crippen MR) is 154 cm³/mol. The highest BCUT2D eigenvalue weighted by atomic mass is 16.6. The summed E-state index contributed by atoms with van der Waals surface area (Å²) in [7, 11) is 0. The van der Waals surface area contributed by atoms with Gasteiger partial charge in [0.25, 0.3) is 0 Å². The Bertz CT molecular complexity index is 1310. The number of aliphatic imine (C=N–C) groups is 1. The molecule has 0 unspecified atom stereocenters. The van der Waals surface area contributed by atoms with Crippen molar-refractivity contribution in [3.05, 3.63) is 52.6 Å². The first-order valence-electron chi connectivity index (χ1n) is 14.2. The molecule has 1 fully saturated rings. The van der Waals surface area contributed by atoms with Crippen LogP contribution in [0.1, 0.15) is 102 Å². The van der Waals surface area contributed by atoms with Crippen LogP contribution in [0.3, 0.4) is 0 Å². The van der Waals surface area contributed by atoms with Crippen LogP contribution in [0.15, 0.2) is 35.3 Å². The van der Waals surface area contributed by atoms with E-state index in [1.165, 1.54) is 43.9 Å². The largest absolute Gasteiger partial charge is 0.423 e. The average Bonchev–Trinajstić information content (AvgIpc) is 2.84. The van der Waals surface area contributed by atoms with Crippen LogP contribution in [-0.2, 0) is 26.2 Å². The fourth-order valence-electron chi connectivity index (χ4n) is 6.93. The number of carbonyl (C=O) groups excluding carboxylic acids is 3. The van der Waals surface area contributed by atoms with E-state index in [0.29, 0.717) is 23.9 Å². The van der Waals surface area contributed by atoms with Crippen LogP contribution in [0, 0.1) is 11.3 Å². The first-order chi connectivity index (χ1) is 18.8. The molecule has 2 aliphatic rings. The van der Waals surface area contributed by atoms with E-state index in [4.69, 9.17) is 19.2 Å². The molecule has 0 bridgehead atoms. The molecular weight excluding hydrogens is 506 g/mol. The molecule has 2 aliphatic carbocycles. The third kappa shape index (κ3) is 6.13. The molecule has 7 nitrogen and oxygen atoms in total. The topological polar surface area (TPSA) is 91.3 Å². The Balaban J connectivity index is 1.62. The summed E-state index contributed by atoms with van der Waals surface area (Å²) in [5.41, 5.74) is 5.11. The van der Waals surface area contributed by atoms with Gasteiger partial charge in [-0.15, -0.1) is 0 Å². The Morgan fingerprint density at radius 1 is 0.950 bits per heavy atom. The number of benzene rings is 2. The van der Waals surface area contributed by atoms with E-state index in [2.05, 4.69) is 45.9 Å². The van der Waals surface area contributed by atoms with Gasteiger partial charge in [-0.05, 0) is 82.7 Å². The van der Waals surface area contributed by atoms with Crippen LogP contribution < -0.4 is 14.2 Å². The normalized spacial score (nSPS) is 23.9. The van der Waals surface area contributed by atoms with Crippen LogP contribution >= 0.6 is 0 Å². The third-order valence-electron chi connectivity index (χ3n) is 8.66. The Kier molecular flexibility index (Phi) is 8.52. The monoisotopic (exact) mass is 547 g/mol. The fraction of sp³-hybridized carbons (Fsp3) is 0.515. The average molecular weight is 548 g/mol. The Hall–Kier alpha value is -3.48. The van der Waals surface area contributed by atoms with E-state index < -0.39 is 17.9 Å². The molecule has 0 heterocycles. The second kappa shape index (κ2) is 11.6. The van der Waals surface area contributed by atoms with Crippen molar-refractivity contribution in [2.24, 2.45) is 16.3 Å². The molecule has 0 aliphatic heterocycles. The number of hydrogen-bond acceptors (Lipinski definition) is 7. The molecule has 214 valence electrons. The molecule has 0 spiro atoms. The van der Waals surface area contributed by atoms with Crippen LogP contribution in [0.25, 0.3) is 0 Å². The maximum Gasteiger partial charge on any atom is 0.308 e. The van der Waals surface area contributed by atoms with Gasteiger partial charge in [0, 0.05) is 33.5 Å². The smallest absolute Gasteiger partial charge is 0.308 e. The van der Waals surface area contributed by atoms with Gasteiger partial charge >= 0.3 is 17.9 Å². The summed E-state index contributed by atoms with van der Waals surface area (Å²) in [5.74, 6) is -0.937. The van der Waals surface area contributed by atoms with E-state index in [1.54, 1.807) is 18.3 Å². The first-order valence-corrected chi connectivity index (χ1v) is 14.2. The van der Waals surface area contributed by atoms with Crippen molar-refractivity contribution in [1.82, 2.24) is 0 Å². The van der Waals surface area contributed by atoms with Crippen LogP contribution in [-0.4, -0.2) is 30.7 Å². The second-order valence-corrected chi connectivity index (χ2v) is 12.2. The molecule has 7 heteroatoms. The highest BCUT2D eigenvalue weighted by molar-refractivity contribution is 5.85. The molecule has 2 aromatic carbocycles. The Morgan fingerprint density at radius 2 is 1.57 bits per heavy atom. The summed E-state index contributed by atoms with van der Waals surface area (Å²) < 4.78 is 15.8. The molecule has 3 atom stereocenters. The van der Waals surface area contributed by atoms with Crippen molar-refractivity contribution in [1.29, 1.82) is 0 Å². The number of esters is 3.